The first-order valence-electron chi connectivity index (χ1n) is 4.67. The number of halogens is 1. The minimum absolute atomic E-state index is 0. The van der Waals surface area contributed by atoms with E-state index in [-0.39, 0.29) is 18.4 Å². The molecule has 0 aliphatic rings. The normalized spacial score (nSPS) is 11.9. The summed E-state index contributed by atoms with van der Waals surface area (Å²) in [7, 11) is 0. The summed E-state index contributed by atoms with van der Waals surface area (Å²) >= 11 is 0. The molecular formula is C12H18ClN. The number of nitrogens with one attached hydrogen (secondary N) is 1. The molecule has 0 saturated carbocycles. The third kappa shape index (κ3) is 3.95. The lowest BCUT2D eigenvalue weighted by molar-refractivity contribution is 0.540. The van der Waals surface area contributed by atoms with Gasteiger partial charge >= 0.3 is 0 Å². The maximum atomic E-state index is 3.83. The van der Waals surface area contributed by atoms with Crippen LogP contribution in [0.25, 0.3) is 0 Å². The van der Waals surface area contributed by atoms with Gasteiger partial charge in [0.25, 0.3) is 0 Å². The van der Waals surface area contributed by atoms with Crippen LogP contribution in [0.3, 0.4) is 0 Å². The number of rotatable bonds is 4. The molecule has 0 spiro atoms. The maximum Gasteiger partial charge on any atom is 0.0505 e. The van der Waals surface area contributed by atoms with Crippen molar-refractivity contribution in [3.8, 4) is 0 Å². The van der Waals surface area contributed by atoms with E-state index in [1.807, 2.05) is 24.3 Å². The molecule has 0 bridgehead atoms. The molecule has 78 valence electrons. The van der Waals surface area contributed by atoms with Crippen LogP contribution in [0.15, 0.2) is 43.0 Å². The molecule has 1 aromatic rings. The van der Waals surface area contributed by atoms with Crippen LogP contribution in [0.1, 0.15) is 25.5 Å². The second-order valence-electron chi connectivity index (χ2n) is 3.45. The third-order valence-corrected chi connectivity index (χ3v) is 1.91. The van der Waals surface area contributed by atoms with Crippen molar-refractivity contribution in [3.05, 3.63) is 48.6 Å². The summed E-state index contributed by atoms with van der Waals surface area (Å²) in [6.07, 6.45) is 1.94. The summed E-state index contributed by atoms with van der Waals surface area (Å²) in [6, 6.07) is 11.1. The van der Waals surface area contributed by atoms with E-state index in [0.717, 1.165) is 0 Å². The molecule has 1 N–H and O–H groups in total. The van der Waals surface area contributed by atoms with Gasteiger partial charge in [-0.2, -0.15) is 0 Å². The fourth-order valence-corrected chi connectivity index (χ4v) is 1.32. The van der Waals surface area contributed by atoms with Crippen molar-refractivity contribution in [3.63, 3.8) is 0 Å². The average molecular weight is 212 g/mol. The predicted octanol–water partition coefficient (Wildman–Crippen LogP) is 3.33. The average Bonchev–Trinajstić information content (AvgIpc) is 2.15. The van der Waals surface area contributed by atoms with Crippen molar-refractivity contribution in [1.29, 1.82) is 0 Å². The molecule has 0 heterocycles. The van der Waals surface area contributed by atoms with Crippen molar-refractivity contribution in [2.75, 3.05) is 0 Å². The SMILES string of the molecule is C=CC(NC(C)C)c1ccccc1.Cl. The van der Waals surface area contributed by atoms with Crippen LogP contribution in [-0.4, -0.2) is 6.04 Å². The maximum absolute atomic E-state index is 3.83. The standard InChI is InChI=1S/C12H17N.ClH/c1-4-12(13-10(2)3)11-8-6-5-7-9-11;/h4-10,12-13H,1H2,2-3H3;1H. The first-order valence-corrected chi connectivity index (χ1v) is 4.67. The predicted molar refractivity (Wildman–Crippen MR) is 64.9 cm³/mol. The second-order valence-corrected chi connectivity index (χ2v) is 3.45. The van der Waals surface area contributed by atoms with Crippen molar-refractivity contribution < 1.29 is 0 Å². The Kier molecular flexibility index (Phi) is 6.26. The fraction of sp³-hybridized carbons (Fsp3) is 0.333. The summed E-state index contributed by atoms with van der Waals surface area (Å²) in [5.74, 6) is 0. The fourth-order valence-electron chi connectivity index (χ4n) is 1.32. The van der Waals surface area contributed by atoms with Crippen LogP contribution < -0.4 is 5.32 Å². The van der Waals surface area contributed by atoms with Gasteiger partial charge in [0.15, 0.2) is 0 Å². The van der Waals surface area contributed by atoms with E-state index in [1.54, 1.807) is 0 Å². The van der Waals surface area contributed by atoms with Crippen LogP contribution in [0, 0.1) is 0 Å². The minimum Gasteiger partial charge on any atom is -0.305 e. The lowest BCUT2D eigenvalue weighted by Gasteiger charge is -2.17. The molecule has 0 radical (unpaired) electrons. The Balaban J connectivity index is 0.00000169. The molecule has 0 aliphatic heterocycles. The molecule has 0 aliphatic carbocycles. The molecule has 1 rings (SSSR count). The largest absolute Gasteiger partial charge is 0.305 e. The van der Waals surface area contributed by atoms with Crippen LogP contribution in [-0.2, 0) is 0 Å². The van der Waals surface area contributed by atoms with Gasteiger partial charge in [-0.05, 0) is 19.4 Å². The molecule has 1 atom stereocenters. The van der Waals surface area contributed by atoms with Gasteiger partial charge in [-0.15, -0.1) is 19.0 Å². The number of hydrogen-bond donors (Lipinski definition) is 1. The molecule has 0 aromatic heterocycles. The van der Waals surface area contributed by atoms with E-state index in [9.17, 15) is 0 Å². The van der Waals surface area contributed by atoms with Gasteiger partial charge < -0.3 is 5.32 Å². The van der Waals surface area contributed by atoms with Gasteiger partial charge in [0.05, 0.1) is 6.04 Å². The Labute approximate surface area is 92.6 Å². The molecule has 0 saturated heterocycles. The molecule has 2 heteroatoms. The van der Waals surface area contributed by atoms with E-state index in [4.69, 9.17) is 0 Å². The third-order valence-electron chi connectivity index (χ3n) is 1.91. The number of benzene rings is 1. The lowest BCUT2D eigenvalue weighted by Crippen LogP contribution is -2.26. The Morgan fingerprint density at radius 1 is 1.21 bits per heavy atom. The summed E-state index contributed by atoms with van der Waals surface area (Å²) < 4.78 is 0. The molecule has 0 fully saturated rings. The summed E-state index contributed by atoms with van der Waals surface area (Å²) in [5, 5.41) is 3.43. The number of hydrogen-bond acceptors (Lipinski definition) is 1. The summed E-state index contributed by atoms with van der Waals surface area (Å²) in [4.78, 5) is 0. The first kappa shape index (κ1) is 13.2. The molecule has 1 unspecified atom stereocenters. The zero-order valence-electron chi connectivity index (χ0n) is 8.73. The van der Waals surface area contributed by atoms with Gasteiger partial charge in [-0.1, -0.05) is 36.4 Å². The van der Waals surface area contributed by atoms with Gasteiger partial charge in [-0.25, -0.2) is 0 Å². The summed E-state index contributed by atoms with van der Waals surface area (Å²) in [6.45, 7) is 8.10. The van der Waals surface area contributed by atoms with Crippen molar-refractivity contribution >= 4 is 12.4 Å². The van der Waals surface area contributed by atoms with Crippen molar-refractivity contribution in [2.45, 2.75) is 25.9 Å². The Morgan fingerprint density at radius 3 is 2.21 bits per heavy atom. The Hall–Kier alpha value is -0.790. The first-order chi connectivity index (χ1) is 6.24. The van der Waals surface area contributed by atoms with Gasteiger partial charge in [0, 0.05) is 6.04 Å². The highest BCUT2D eigenvalue weighted by molar-refractivity contribution is 5.85. The van der Waals surface area contributed by atoms with Crippen molar-refractivity contribution in [1.82, 2.24) is 5.32 Å². The molecule has 0 amide bonds. The van der Waals surface area contributed by atoms with Gasteiger partial charge in [-0.3, -0.25) is 0 Å². The second kappa shape index (κ2) is 6.63. The van der Waals surface area contributed by atoms with E-state index in [0.29, 0.717) is 6.04 Å². The van der Waals surface area contributed by atoms with Crippen molar-refractivity contribution in [2.24, 2.45) is 0 Å². The quantitative estimate of drug-likeness (QED) is 0.754. The highest BCUT2D eigenvalue weighted by atomic mass is 35.5. The zero-order valence-corrected chi connectivity index (χ0v) is 9.55. The lowest BCUT2D eigenvalue weighted by atomic mass is 10.1. The van der Waals surface area contributed by atoms with E-state index in [1.165, 1.54) is 5.56 Å². The Morgan fingerprint density at radius 2 is 1.79 bits per heavy atom. The Bertz CT molecular complexity index is 256. The topological polar surface area (TPSA) is 12.0 Å². The van der Waals surface area contributed by atoms with E-state index >= 15 is 0 Å². The van der Waals surface area contributed by atoms with Crippen LogP contribution in [0.5, 0.6) is 0 Å². The molecular weight excluding hydrogens is 194 g/mol. The zero-order chi connectivity index (χ0) is 9.68. The van der Waals surface area contributed by atoms with Crippen LogP contribution in [0.2, 0.25) is 0 Å². The van der Waals surface area contributed by atoms with Crippen LogP contribution in [0.4, 0.5) is 0 Å². The molecule has 1 aromatic carbocycles. The monoisotopic (exact) mass is 211 g/mol. The highest BCUT2D eigenvalue weighted by Gasteiger charge is 2.06. The highest BCUT2D eigenvalue weighted by Crippen LogP contribution is 2.13. The van der Waals surface area contributed by atoms with E-state index in [2.05, 4.69) is 37.9 Å². The minimum atomic E-state index is 0. The van der Waals surface area contributed by atoms with E-state index < -0.39 is 0 Å². The van der Waals surface area contributed by atoms with Gasteiger partial charge in [0.2, 0.25) is 0 Å². The van der Waals surface area contributed by atoms with Crippen LogP contribution >= 0.6 is 12.4 Å². The molecule has 1 nitrogen and oxygen atoms in total. The summed E-state index contributed by atoms with van der Waals surface area (Å²) in [5.41, 5.74) is 1.27. The smallest absolute Gasteiger partial charge is 0.0505 e. The van der Waals surface area contributed by atoms with Gasteiger partial charge in [0.1, 0.15) is 0 Å². The molecule has 14 heavy (non-hydrogen) atoms.